The van der Waals surface area contributed by atoms with Crippen LogP contribution in [0.3, 0.4) is 0 Å². The normalized spacial score (nSPS) is 10.5. The molecule has 27 heavy (non-hydrogen) atoms. The molecule has 0 spiro atoms. The minimum absolute atomic E-state index is 0.107. The summed E-state index contributed by atoms with van der Waals surface area (Å²) in [5.41, 5.74) is 0.727. The van der Waals surface area contributed by atoms with Crippen LogP contribution >= 0.6 is 0 Å². The van der Waals surface area contributed by atoms with E-state index in [2.05, 4.69) is 9.72 Å². The average Bonchev–Trinajstić information content (AvgIpc) is 3.12. The topological polar surface area (TPSA) is 72.6 Å². The van der Waals surface area contributed by atoms with Crippen molar-refractivity contribution in [3.05, 3.63) is 71.5 Å². The number of rotatable bonds is 4. The number of hydrogen-bond acceptors (Lipinski definition) is 5. The number of methoxy groups -OCH3 is 1. The Morgan fingerprint density at radius 2 is 1.56 bits per heavy atom. The van der Waals surface area contributed by atoms with Gasteiger partial charge >= 0.3 is 12.0 Å². The molecule has 0 aliphatic carbocycles. The first-order valence-corrected chi connectivity index (χ1v) is 7.79. The Bertz CT molecular complexity index is 982. The van der Waals surface area contributed by atoms with Crippen molar-refractivity contribution in [2.24, 2.45) is 0 Å². The molecule has 0 saturated heterocycles. The first kappa shape index (κ1) is 18.2. The lowest BCUT2D eigenvalue weighted by Crippen LogP contribution is -2.26. The first-order chi connectivity index (χ1) is 12.9. The second-order valence-electron chi connectivity index (χ2n) is 5.54. The van der Waals surface area contributed by atoms with E-state index < -0.39 is 23.5 Å². The monoisotopic (exact) mass is 372 g/mol. The molecule has 0 bridgehead atoms. The number of halogens is 2. The maximum atomic E-state index is 13.2. The molecule has 1 amide bonds. The number of hydrogen-bond donors (Lipinski definition) is 0. The number of aromatic nitrogens is 1. The Morgan fingerprint density at radius 1 is 1.00 bits per heavy atom. The van der Waals surface area contributed by atoms with Crippen LogP contribution in [-0.4, -0.2) is 31.0 Å². The van der Waals surface area contributed by atoms with E-state index in [1.165, 1.54) is 50.6 Å². The Labute approximate surface area is 153 Å². The number of ether oxygens (including phenoxy) is 1. The largest absolute Gasteiger partial charge is 0.463 e. The minimum Gasteiger partial charge on any atom is -0.463 e. The van der Waals surface area contributed by atoms with Gasteiger partial charge in [0.15, 0.2) is 0 Å². The molecule has 0 aliphatic heterocycles. The van der Waals surface area contributed by atoms with Crippen molar-refractivity contribution in [1.82, 2.24) is 4.98 Å². The van der Waals surface area contributed by atoms with Crippen LogP contribution in [0.1, 0.15) is 20.9 Å². The van der Waals surface area contributed by atoms with Gasteiger partial charge in [-0.05, 0) is 48.5 Å². The molecular weight excluding hydrogens is 358 g/mol. The standard InChI is InChI=1S/C19H14F2N2O4/c1-23(17(24)12-5-9-14(21)10-6-12)19-22-15(16(27-19)18(25)26-2)11-3-7-13(20)8-4-11/h3-10H,1-2H3. The van der Waals surface area contributed by atoms with Crippen LogP contribution in [0.2, 0.25) is 0 Å². The van der Waals surface area contributed by atoms with Gasteiger partial charge < -0.3 is 9.15 Å². The summed E-state index contributed by atoms with van der Waals surface area (Å²) in [5, 5.41) is 0. The molecule has 0 unspecified atom stereocenters. The van der Waals surface area contributed by atoms with Crippen molar-refractivity contribution < 1.29 is 27.5 Å². The number of carbonyl (C=O) groups is 2. The van der Waals surface area contributed by atoms with Gasteiger partial charge in [-0.1, -0.05) is 0 Å². The molecule has 0 atom stereocenters. The van der Waals surface area contributed by atoms with Crippen molar-refractivity contribution in [2.45, 2.75) is 0 Å². The SMILES string of the molecule is COC(=O)c1oc(N(C)C(=O)c2ccc(F)cc2)nc1-c1ccc(F)cc1. The highest BCUT2D eigenvalue weighted by molar-refractivity contribution is 6.05. The number of carbonyl (C=O) groups excluding carboxylic acids is 2. The summed E-state index contributed by atoms with van der Waals surface area (Å²) in [6.45, 7) is 0. The molecule has 2 aromatic carbocycles. The van der Waals surface area contributed by atoms with E-state index in [4.69, 9.17) is 4.42 Å². The first-order valence-electron chi connectivity index (χ1n) is 7.79. The fourth-order valence-corrected chi connectivity index (χ4v) is 2.36. The lowest BCUT2D eigenvalue weighted by atomic mass is 10.1. The van der Waals surface area contributed by atoms with Gasteiger partial charge in [0.25, 0.3) is 5.91 Å². The Balaban J connectivity index is 2.00. The van der Waals surface area contributed by atoms with Crippen LogP contribution in [0.25, 0.3) is 11.3 Å². The Hall–Kier alpha value is -3.55. The van der Waals surface area contributed by atoms with E-state index >= 15 is 0 Å². The number of anilines is 1. The number of esters is 1. The number of amides is 1. The van der Waals surface area contributed by atoms with Gasteiger partial charge in [-0.25, -0.2) is 13.6 Å². The van der Waals surface area contributed by atoms with Crippen LogP contribution in [0.4, 0.5) is 14.8 Å². The highest BCUT2D eigenvalue weighted by Gasteiger charge is 2.26. The molecule has 0 N–H and O–H groups in total. The Kier molecular flexibility index (Phi) is 4.98. The predicted octanol–water partition coefficient (Wildman–Crippen LogP) is 3.68. The van der Waals surface area contributed by atoms with E-state index in [9.17, 15) is 18.4 Å². The maximum Gasteiger partial charge on any atom is 0.376 e. The zero-order valence-electron chi connectivity index (χ0n) is 14.4. The molecule has 1 aromatic heterocycles. The summed E-state index contributed by atoms with van der Waals surface area (Å²) >= 11 is 0. The molecule has 3 aromatic rings. The summed E-state index contributed by atoms with van der Waals surface area (Å²) in [5.74, 6) is -2.46. The van der Waals surface area contributed by atoms with Gasteiger partial charge in [-0.15, -0.1) is 0 Å². The Morgan fingerprint density at radius 3 is 2.11 bits per heavy atom. The second-order valence-corrected chi connectivity index (χ2v) is 5.54. The zero-order chi connectivity index (χ0) is 19.6. The second kappa shape index (κ2) is 7.36. The van der Waals surface area contributed by atoms with Crippen molar-refractivity contribution in [2.75, 3.05) is 19.1 Å². The van der Waals surface area contributed by atoms with Crippen LogP contribution in [-0.2, 0) is 4.74 Å². The van der Waals surface area contributed by atoms with Crippen LogP contribution in [0, 0.1) is 11.6 Å². The molecule has 0 saturated carbocycles. The van der Waals surface area contributed by atoms with Gasteiger partial charge in [-0.3, -0.25) is 9.69 Å². The molecule has 138 valence electrons. The van der Waals surface area contributed by atoms with Gasteiger partial charge in [0.1, 0.15) is 17.3 Å². The highest BCUT2D eigenvalue weighted by atomic mass is 19.1. The van der Waals surface area contributed by atoms with E-state index in [0.29, 0.717) is 5.56 Å². The summed E-state index contributed by atoms with van der Waals surface area (Å²) < 4.78 is 36.3. The highest BCUT2D eigenvalue weighted by Crippen LogP contribution is 2.29. The van der Waals surface area contributed by atoms with E-state index in [-0.39, 0.29) is 23.0 Å². The van der Waals surface area contributed by atoms with Crippen molar-refractivity contribution in [3.8, 4) is 11.3 Å². The van der Waals surface area contributed by atoms with Crippen LogP contribution in [0.15, 0.2) is 52.9 Å². The molecule has 0 aliphatic rings. The number of benzene rings is 2. The average molecular weight is 372 g/mol. The fourth-order valence-electron chi connectivity index (χ4n) is 2.36. The van der Waals surface area contributed by atoms with Gasteiger partial charge in [0.05, 0.1) is 7.11 Å². The molecule has 8 heteroatoms. The zero-order valence-corrected chi connectivity index (χ0v) is 14.4. The van der Waals surface area contributed by atoms with E-state index in [1.54, 1.807) is 0 Å². The van der Waals surface area contributed by atoms with Gasteiger partial charge in [-0.2, -0.15) is 4.98 Å². The third-order valence-corrected chi connectivity index (χ3v) is 3.79. The van der Waals surface area contributed by atoms with Gasteiger partial charge in [0.2, 0.25) is 5.76 Å². The summed E-state index contributed by atoms with van der Waals surface area (Å²) in [7, 11) is 2.57. The molecule has 3 rings (SSSR count). The predicted molar refractivity (Wildman–Crippen MR) is 92.4 cm³/mol. The van der Waals surface area contributed by atoms with E-state index in [1.807, 2.05) is 0 Å². The summed E-state index contributed by atoms with van der Waals surface area (Å²) in [6.07, 6.45) is 0. The molecule has 6 nitrogen and oxygen atoms in total. The fraction of sp³-hybridized carbons (Fsp3) is 0.105. The molecule has 0 fully saturated rings. The maximum absolute atomic E-state index is 13.2. The summed E-state index contributed by atoms with van der Waals surface area (Å²) in [4.78, 5) is 29.8. The molecular formula is C19H14F2N2O4. The van der Waals surface area contributed by atoms with E-state index in [0.717, 1.165) is 17.0 Å². The third kappa shape index (κ3) is 3.69. The quantitative estimate of drug-likeness (QED) is 0.653. The van der Waals surface area contributed by atoms with Crippen molar-refractivity contribution in [3.63, 3.8) is 0 Å². The lowest BCUT2D eigenvalue weighted by molar-refractivity contribution is 0.0566. The number of oxazole rings is 1. The number of nitrogens with zero attached hydrogens (tertiary/aromatic N) is 2. The van der Waals surface area contributed by atoms with Crippen LogP contribution in [0.5, 0.6) is 0 Å². The molecule has 1 heterocycles. The smallest absolute Gasteiger partial charge is 0.376 e. The third-order valence-electron chi connectivity index (χ3n) is 3.79. The van der Waals surface area contributed by atoms with Gasteiger partial charge in [0, 0.05) is 18.2 Å². The van der Waals surface area contributed by atoms with Crippen molar-refractivity contribution >= 4 is 17.9 Å². The molecule has 0 radical (unpaired) electrons. The summed E-state index contributed by atoms with van der Waals surface area (Å²) in [6, 6.07) is 10.0. The van der Waals surface area contributed by atoms with Crippen molar-refractivity contribution in [1.29, 1.82) is 0 Å². The van der Waals surface area contributed by atoms with Crippen LogP contribution < -0.4 is 4.90 Å². The lowest BCUT2D eigenvalue weighted by Gasteiger charge is -2.12. The minimum atomic E-state index is -0.796.